The van der Waals surface area contributed by atoms with E-state index in [-0.39, 0.29) is 42.7 Å². The lowest BCUT2D eigenvalue weighted by molar-refractivity contribution is -0.199. The summed E-state index contributed by atoms with van der Waals surface area (Å²) in [4.78, 5) is 80.3. The number of nitrogens with one attached hydrogen (secondary N) is 6. The van der Waals surface area contributed by atoms with Crippen LogP contribution in [0, 0.1) is 23.2 Å². The maximum absolute atomic E-state index is 13.6. The van der Waals surface area contributed by atoms with E-state index in [4.69, 9.17) is 15.0 Å². The Kier molecular flexibility index (Phi) is 18.6. The van der Waals surface area contributed by atoms with Gasteiger partial charge in [0, 0.05) is 18.5 Å². The van der Waals surface area contributed by atoms with Crippen molar-refractivity contribution in [3.63, 3.8) is 0 Å². The Morgan fingerprint density at radius 3 is 2.00 bits per heavy atom. The SMILES string of the molecule is CCCCc1ccc(-c2ccc(C(=O)NCCC(=O)N[C@@H](CCCCN)C(=O)N[C@H](C(=O)N[C@@H](C)C(=O)NC(C(=O)N[C@@H](C)B3OC4C[C@@H]5C[C@@H](C5(C)C)[C@]4(C)O3)C(C)C)[C@@H](C)O)cc2)cc1. The van der Waals surface area contributed by atoms with Crippen LogP contribution in [0.3, 0.4) is 0 Å². The molecule has 0 radical (unpaired) electrons. The van der Waals surface area contributed by atoms with Gasteiger partial charge in [0.15, 0.2) is 0 Å². The third kappa shape index (κ3) is 13.2. The summed E-state index contributed by atoms with van der Waals surface area (Å²) in [5.74, 6) is -3.42. The summed E-state index contributed by atoms with van der Waals surface area (Å²) in [7, 11) is -0.649. The molecule has 2 unspecified atom stereocenters. The molecule has 0 aromatic heterocycles. The lowest BCUT2D eigenvalue weighted by Gasteiger charge is -2.64. The molecule has 10 atom stereocenters. The summed E-state index contributed by atoms with van der Waals surface area (Å²) in [5, 5.41) is 26.9. The number of carbonyl (C=O) groups is 6. The van der Waals surface area contributed by atoms with E-state index in [2.05, 4.69) is 83.9 Å². The van der Waals surface area contributed by atoms with Crippen LogP contribution in [0.25, 0.3) is 11.1 Å². The number of hydrogen-bond donors (Lipinski definition) is 8. The van der Waals surface area contributed by atoms with Crippen molar-refractivity contribution in [1.82, 2.24) is 31.9 Å². The minimum absolute atomic E-state index is 0.00237. The summed E-state index contributed by atoms with van der Waals surface area (Å²) in [5.41, 5.74) is 9.17. The monoisotopic (exact) mass is 930 g/mol. The second-order valence-electron chi connectivity index (χ2n) is 20.1. The zero-order valence-corrected chi connectivity index (χ0v) is 41.0. The molecule has 0 spiro atoms. The molecule has 6 rings (SSSR count). The largest absolute Gasteiger partial charge is 0.481 e. The fraction of sp³-hybridized carbons (Fsp3) is 0.640. The Morgan fingerprint density at radius 2 is 1.40 bits per heavy atom. The van der Waals surface area contributed by atoms with E-state index in [1.165, 1.54) is 19.4 Å². The molecule has 2 aromatic rings. The van der Waals surface area contributed by atoms with Gasteiger partial charge in [-0.05, 0) is 131 Å². The van der Waals surface area contributed by atoms with Gasteiger partial charge in [-0.25, -0.2) is 0 Å². The Balaban J connectivity index is 1.09. The molecule has 1 heterocycles. The molecule has 368 valence electrons. The van der Waals surface area contributed by atoms with Gasteiger partial charge in [-0.2, -0.15) is 0 Å². The summed E-state index contributed by atoms with van der Waals surface area (Å²) in [6, 6.07) is 10.9. The van der Waals surface area contributed by atoms with Gasteiger partial charge in [-0.15, -0.1) is 0 Å². The van der Waals surface area contributed by atoms with Crippen LogP contribution in [-0.2, 0) is 39.7 Å². The molecule has 6 amide bonds. The maximum atomic E-state index is 13.6. The van der Waals surface area contributed by atoms with Crippen molar-refractivity contribution in [1.29, 1.82) is 0 Å². The Bertz CT molecular complexity index is 2030. The van der Waals surface area contributed by atoms with Crippen LogP contribution in [0.5, 0.6) is 0 Å². The third-order valence-corrected chi connectivity index (χ3v) is 14.3. The van der Waals surface area contributed by atoms with Gasteiger partial charge in [0.1, 0.15) is 24.2 Å². The summed E-state index contributed by atoms with van der Waals surface area (Å²) in [6.45, 7) is 17.3. The second kappa shape index (κ2) is 23.5. The normalized spacial score (nSPS) is 23.0. The average molecular weight is 930 g/mol. The van der Waals surface area contributed by atoms with E-state index in [9.17, 15) is 33.9 Å². The molecule has 67 heavy (non-hydrogen) atoms. The van der Waals surface area contributed by atoms with Crippen molar-refractivity contribution in [2.24, 2.45) is 28.9 Å². The average Bonchev–Trinajstić information content (AvgIpc) is 3.66. The van der Waals surface area contributed by atoms with Crippen molar-refractivity contribution in [2.75, 3.05) is 13.1 Å². The molecule has 4 aliphatic rings. The molecular weight excluding hydrogens is 853 g/mol. The third-order valence-electron chi connectivity index (χ3n) is 14.3. The highest BCUT2D eigenvalue weighted by Gasteiger charge is 2.68. The lowest BCUT2D eigenvalue weighted by atomic mass is 9.43. The smallest absolute Gasteiger partial charge is 0.404 e. The van der Waals surface area contributed by atoms with Crippen LogP contribution >= 0.6 is 0 Å². The van der Waals surface area contributed by atoms with Crippen LogP contribution in [0.2, 0.25) is 0 Å². The highest BCUT2D eigenvalue weighted by molar-refractivity contribution is 6.47. The summed E-state index contributed by atoms with van der Waals surface area (Å²) < 4.78 is 12.9. The molecule has 1 aliphatic heterocycles. The van der Waals surface area contributed by atoms with Crippen LogP contribution in [-0.4, -0.2) is 109 Å². The van der Waals surface area contributed by atoms with Crippen LogP contribution < -0.4 is 37.6 Å². The van der Waals surface area contributed by atoms with Crippen molar-refractivity contribution in [2.45, 2.75) is 168 Å². The number of rotatable bonds is 24. The van der Waals surface area contributed by atoms with Gasteiger partial charge >= 0.3 is 7.12 Å². The molecule has 2 aromatic carbocycles. The number of benzene rings is 2. The molecule has 3 saturated carbocycles. The number of aliphatic hydroxyl groups excluding tert-OH is 1. The van der Waals surface area contributed by atoms with Crippen molar-refractivity contribution in [3.8, 4) is 11.1 Å². The Morgan fingerprint density at radius 1 is 0.776 bits per heavy atom. The Hall–Kier alpha value is -4.84. The van der Waals surface area contributed by atoms with Gasteiger partial charge in [-0.3, -0.25) is 28.8 Å². The number of nitrogens with two attached hydrogens (primary N) is 1. The molecule has 9 N–H and O–H groups in total. The van der Waals surface area contributed by atoms with E-state index in [0.29, 0.717) is 36.8 Å². The van der Waals surface area contributed by atoms with E-state index < -0.39 is 78.5 Å². The number of aliphatic hydroxyl groups is 1. The van der Waals surface area contributed by atoms with E-state index in [1.807, 2.05) is 19.1 Å². The second-order valence-corrected chi connectivity index (χ2v) is 20.1. The highest BCUT2D eigenvalue weighted by Crippen LogP contribution is 2.65. The quantitative estimate of drug-likeness (QED) is 0.0561. The number of aryl methyl sites for hydroxylation is 1. The van der Waals surface area contributed by atoms with Crippen LogP contribution in [0.15, 0.2) is 48.5 Å². The van der Waals surface area contributed by atoms with Crippen LogP contribution in [0.1, 0.15) is 130 Å². The fourth-order valence-corrected chi connectivity index (χ4v) is 9.82. The molecule has 2 bridgehead atoms. The van der Waals surface area contributed by atoms with Gasteiger partial charge < -0.3 is 52.0 Å². The molecular formula is C50H76BN7O9. The zero-order chi connectivity index (χ0) is 49.2. The van der Waals surface area contributed by atoms with E-state index in [0.717, 1.165) is 43.2 Å². The summed E-state index contributed by atoms with van der Waals surface area (Å²) >= 11 is 0. The standard InChI is InChI=1S/C50H76BN7O9/c1-10-11-14-33-16-18-34(19-17-33)35-20-22-36(23-21-35)45(62)53-26-24-41(60)56-38(15-12-13-25-52)46(63)58-43(31(5)59)48(65)54-30(4)44(61)57-42(29(2)3)47(64)55-32(6)51-66-40-28-37-27-39(49(37,7)8)50(40,9)67-51/h16-23,29-32,37-40,42-43,59H,10-15,24-28,52H2,1-9H3,(H,53,62)(H,54,65)(H,55,64)(H,56,60)(H,57,61)(H,58,63)/t30-,31+,32-,37-,38-,39-,40?,42?,43-,50-/m0/s1. The fourth-order valence-electron chi connectivity index (χ4n) is 9.82. The molecule has 17 heteroatoms. The van der Waals surface area contributed by atoms with Crippen molar-refractivity contribution >= 4 is 42.6 Å². The van der Waals surface area contributed by atoms with Gasteiger partial charge in [-0.1, -0.05) is 77.4 Å². The first kappa shape index (κ1) is 53.1. The van der Waals surface area contributed by atoms with Gasteiger partial charge in [0.05, 0.1) is 23.8 Å². The predicted molar refractivity (Wildman–Crippen MR) is 258 cm³/mol. The first-order valence-corrected chi connectivity index (χ1v) is 24.4. The number of hydrogen-bond acceptors (Lipinski definition) is 10. The minimum Gasteiger partial charge on any atom is -0.404 e. The molecule has 1 saturated heterocycles. The van der Waals surface area contributed by atoms with Crippen LogP contribution in [0.4, 0.5) is 0 Å². The number of carbonyl (C=O) groups excluding carboxylic acids is 6. The molecule has 3 aliphatic carbocycles. The Labute approximate surface area is 397 Å². The van der Waals surface area contributed by atoms with E-state index >= 15 is 0 Å². The minimum atomic E-state index is -1.49. The first-order chi connectivity index (χ1) is 31.7. The topological polar surface area (TPSA) is 239 Å². The first-order valence-electron chi connectivity index (χ1n) is 24.4. The highest BCUT2D eigenvalue weighted by atomic mass is 16.7. The zero-order valence-electron chi connectivity index (χ0n) is 41.0. The summed E-state index contributed by atoms with van der Waals surface area (Å²) in [6.07, 6.45) is 5.00. The number of amides is 6. The van der Waals surface area contributed by atoms with Crippen molar-refractivity contribution in [3.05, 3.63) is 59.7 Å². The predicted octanol–water partition coefficient (Wildman–Crippen LogP) is 3.71. The van der Waals surface area contributed by atoms with Gasteiger partial charge in [0.2, 0.25) is 29.5 Å². The lowest BCUT2D eigenvalue weighted by Crippen LogP contribution is -2.65. The van der Waals surface area contributed by atoms with Gasteiger partial charge in [0.25, 0.3) is 5.91 Å². The number of unbranched alkanes of at least 4 members (excludes halogenated alkanes) is 2. The molecule has 4 fully saturated rings. The molecule has 16 nitrogen and oxygen atoms in total. The van der Waals surface area contributed by atoms with E-state index in [1.54, 1.807) is 26.0 Å². The van der Waals surface area contributed by atoms with Crippen molar-refractivity contribution < 1.29 is 43.2 Å². The maximum Gasteiger partial charge on any atom is 0.481 e.